The first-order valence-corrected chi connectivity index (χ1v) is 9.23. The van der Waals surface area contributed by atoms with Crippen LogP contribution < -0.4 is 5.56 Å². The third-order valence-electron chi connectivity index (χ3n) is 4.53. The Morgan fingerprint density at radius 1 is 1.24 bits per heavy atom. The van der Waals surface area contributed by atoms with Crippen LogP contribution in [0.4, 0.5) is 0 Å². The van der Waals surface area contributed by atoms with Crippen molar-refractivity contribution in [3.8, 4) is 0 Å². The van der Waals surface area contributed by atoms with Crippen molar-refractivity contribution >= 4 is 17.5 Å². The third kappa shape index (κ3) is 4.31. The second kappa shape index (κ2) is 7.87. The van der Waals surface area contributed by atoms with Gasteiger partial charge >= 0.3 is 0 Å². The van der Waals surface area contributed by atoms with Gasteiger partial charge in [0.05, 0.1) is 12.1 Å². The van der Waals surface area contributed by atoms with E-state index in [9.17, 15) is 9.59 Å². The second-order valence-corrected chi connectivity index (χ2v) is 6.97. The van der Waals surface area contributed by atoms with E-state index >= 15 is 0 Å². The molecule has 1 aliphatic carbocycles. The lowest BCUT2D eigenvalue weighted by Crippen LogP contribution is -2.35. The molecule has 1 fully saturated rings. The smallest absolute Gasteiger partial charge is 0.255 e. The molecule has 0 saturated heterocycles. The van der Waals surface area contributed by atoms with Crippen molar-refractivity contribution < 1.29 is 4.79 Å². The summed E-state index contributed by atoms with van der Waals surface area (Å²) in [6, 6.07) is 10.9. The largest absolute Gasteiger partial charge is 0.336 e. The fraction of sp³-hybridized carbons (Fsp3) is 0.400. The maximum Gasteiger partial charge on any atom is 0.255 e. The first-order chi connectivity index (χ1) is 12.1. The molecular formula is C20H23ClN2O2. The van der Waals surface area contributed by atoms with Crippen LogP contribution in [0.1, 0.15) is 48.5 Å². The molecule has 0 aliphatic heterocycles. The molecular weight excluding hydrogens is 336 g/mol. The summed E-state index contributed by atoms with van der Waals surface area (Å²) >= 11 is 6.20. The summed E-state index contributed by atoms with van der Waals surface area (Å²) in [7, 11) is 0. The van der Waals surface area contributed by atoms with Crippen molar-refractivity contribution in [1.82, 2.24) is 9.47 Å². The number of rotatable bonds is 7. The van der Waals surface area contributed by atoms with Gasteiger partial charge in [0.25, 0.3) is 11.5 Å². The van der Waals surface area contributed by atoms with E-state index in [-0.39, 0.29) is 11.5 Å². The van der Waals surface area contributed by atoms with E-state index in [1.807, 2.05) is 23.1 Å². The van der Waals surface area contributed by atoms with Gasteiger partial charge in [0.1, 0.15) is 0 Å². The number of aromatic nitrogens is 1. The van der Waals surface area contributed by atoms with Crippen LogP contribution in [0.5, 0.6) is 0 Å². The monoisotopic (exact) mass is 358 g/mol. The second-order valence-electron chi connectivity index (χ2n) is 6.56. The van der Waals surface area contributed by atoms with Crippen LogP contribution in [0, 0.1) is 0 Å². The fourth-order valence-corrected chi connectivity index (χ4v) is 3.12. The van der Waals surface area contributed by atoms with Gasteiger partial charge in [-0.1, -0.05) is 43.1 Å². The summed E-state index contributed by atoms with van der Waals surface area (Å²) < 4.78 is 1.55. The van der Waals surface area contributed by atoms with Crippen LogP contribution in [0.15, 0.2) is 47.4 Å². The first-order valence-electron chi connectivity index (χ1n) is 8.85. The average molecular weight is 359 g/mol. The number of unbranched alkanes of at least 4 members (excludes halogenated alkanes) is 1. The molecule has 1 aromatic carbocycles. The summed E-state index contributed by atoms with van der Waals surface area (Å²) in [4.78, 5) is 27.1. The summed E-state index contributed by atoms with van der Waals surface area (Å²) in [5.74, 6) is 0.0175. The van der Waals surface area contributed by atoms with E-state index < -0.39 is 0 Å². The van der Waals surface area contributed by atoms with Gasteiger partial charge in [-0.25, -0.2) is 0 Å². The number of benzene rings is 1. The van der Waals surface area contributed by atoms with Crippen molar-refractivity contribution in [3.63, 3.8) is 0 Å². The van der Waals surface area contributed by atoms with E-state index in [0.717, 1.165) is 37.8 Å². The molecule has 1 aromatic heterocycles. The molecule has 1 amide bonds. The van der Waals surface area contributed by atoms with Gasteiger partial charge < -0.3 is 9.47 Å². The average Bonchev–Trinajstić information content (AvgIpc) is 3.44. The molecule has 1 heterocycles. The van der Waals surface area contributed by atoms with Crippen LogP contribution in [0.25, 0.3) is 0 Å². The summed E-state index contributed by atoms with van der Waals surface area (Å²) in [6.45, 7) is 3.26. The van der Waals surface area contributed by atoms with E-state index in [0.29, 0.717) is 23.2 Å². The molecule has 3 rings (SSSR count). The lowest BCUT2D eigenvalue weighted by atomic mass is 10.2. The van der Waals surface area contributed by atoms with E-state index in [4.69, 9.17) is 11.6 Å². The predicted octanol–water partition coefficient (Wildman–Crippen LogP) is 3.95. The number of hydrogen-bond acceptors (Lipinski definition) is 2. The van der Waals surface area contributed by atoms with Crippen LogP contribution in [0.2, 0.25) is 5.02 Å². The number of nitrogens with zero attached hydrogens (tertiary/aromatic N) is 2. The van der Waals surface area contributed by atoms with Gasteiger partial charge in [-0.2, -0.15) is 0 Å². The van der Waals surface area contributed by atoms with Crippen LogP contribution in [-0.2, 0) is 6.54 Å². The van der Waals surface area contributed by atoms with Crippen LogP contribution in [0.3, 0.4) is 0 Å². The number of carbonyl (C=O) groups excluding carboxylic acids is 1. The molecule has 0 atom stereocenters. The Morgan fingerprint density at radius 3 is 2.68 bits per heavy atom. The maximum atomic E-state index is 12.9. The summed E-state index contributed by atoms with van der Waals surface area (Å²) in [5.41, 5.74) is 1.29. The maximum absolute atomic E-state index is 12.9. The molecule has 0 spiro atoms. The molecule has 1 saturated carbocycles. The quantitative estimate of drug-likeness (QED) is 0.752. The Balaban J connectivity index is 1.84. The lowest BCUT2D eigenvalue weighted by molar-refractivity contribution is 0.0739. The molecule has 4 nitrogen and oxygen atoms in total. The van der Waals surface area contributed by atoms with Crippen molar-refractivity contribution in [2.45, 2.75) is 45.2 Å². The minimum atomic E-state index is -0.136. The van der Waals surface area contributed by atoms with Crippen molar-refractivity contribution in [2.75, 3.05) is 6.54 Å². The highest BCUT2D eigenvalue weighted by atomic mass is 35.5. The molecule has 5 heteroatoms. The zero-order valence-electron chi connectivity index (χ0n) is 14.5. The normalized spacial score (nSPS) is 13.7. The van der Waals surface area contributed by atoms with Crippen LogP contribution in [-0.4, -0.2) is 28.0 Å². The molecule has 2 aromatic rings. The van der Waals surface area contributed by atoms with E-state index in [1.165, 1.54) is 6.07 Å². The Hall–Kier alpha value is -2.07. The van der Waals surface area contributed by atoms with Gasteiger partial charge in [-0.3, -0.25) is 9.59 Å². The third-order valence-corrected chi connectivity index (χ3v) is 4.90. The zero-order valence-corrected chi connectivity index (χ0v) is 15.2. The minimum Gasteiger partial charge on any atom is -0.336 e. The molecule has 132 valence electrons. The Morgan fingerprint density at radius 2 is 2.00 bits per heavy atom. The highest BCUT2D eigenvalue weighted by Gasteiger charge is 2.32. The molecule has 1 aliphatic rings. The molecule has 0 radical (unpaired) electrons. The fourth-order valence-electron chi connectivity index (χ4n) is 2.92. The molecule has 25 heavy (non-hydrogen) atoms. The molecule has 0 bridgehead atoms. The molecule has 0 N–H and O–H groups in total. The Kier molecular flexibility index (Phi) is 5.59. The van der Waals surface area contributed by atoms with Gasteiger partial charge in [-0.05, 0) is 37.0 Å². The van der Waals surface area contributed by atoms with Gasteiger partial charge in [0.15, 0.2) is 0 Å². The lowest BCUT2D eigenvalue weighted by Gasteiger charge is -2.22. The standard InChI is InChI=1S/C20H23ClN2O2/c1-2-3-12-23(17-9-10-17)20(25)16-8-11-19(24)22(14-16)13-15-6-4-5-7-18(15)21/h4-8,11,14,17H,2-3,9-10,12-13H2,1H3. The van der Waals surface area contributed by atoms with Crippen molar-refractivity contribution in [2.24, 2.45) is 0 Å². The Labute approximate surface area is 153 Å². The predicted molar refractivity (Wildman–Crippen MR) is 100 cm³/mol. The van der Waals surface area contributed by atoms with E-state index in [1.54, 1.807) is 22.9 Å². The SMILES string of the molecule is CCCCN(C(=O)c1ccc(=O)n(Cc2ccccc2Cl)c1)C1CC1. The number of hydrogen-bond donors (Lipinski definition) is 0. The Bertz CT molecular complexity index is 811. The minimum absolute atomic E-state index is 0.0175. The number of pyridine rings is 1. The highest BCUT2D eigenvalue weighted by molar-refractivity contribution is 6.31. The van der Waals surface area contributed by atoms with Crippen molar-refractivity contribution in [3.05, 3.63) is 69.1 Å². The summed E-state index contributed by atoms with van der Waals surface area (Å²) in [5, 5.41) is 0.619. The number of halogens is 1. The number of carbonyl (C=O) groups is 1. The van der Waals surface area contributed by atoms with Crippen molar-refractivity contribution in [1.29, 1.82) is 0 Å². The first kappa shape index (κ1) is 17.7. The van der Waals surface area contributed by atoms with E-state index in [2.05, 4.69) is 6.92 Å². The topological polar surface area (TPSA) is 42.3 Å². The summed E-state index contributed by atoms with van der Waals surface area (Å²) in [6.07, 6.45) is 5.88. The number of amides is 1. The van der Waals surface area contributed by atoms with Gasteiger partial charge in [-0.15, -0.1) is 0 Å². The molecule has 0 unspecified atom stereocenters. The van der Waals surface area contributed by atoms with Gasteiger partial charge in [0, 0.05) is 29.9 Å². The van der Waals surface area contributed by atoms with Gasteiger partial charge in [0.2, 0.25) is 0 Å². The van der Waals surface area contributed by atoms with Crippen LogP contribution >= 0.6 is 11.6 Å². The highest BCUT2D eigenvalue weighted by Crippen LogP contribution is 2.28. The zero-order chi connectivity index (χ0) is 17.8.